The first-order valence-corrected chi connectivity index (χ1v) is 6.32. The van der Waals surface area contributed by atoms with Gasteiger partial charge < -0.3 is 10.2 Å². The molecule has 0 spiro atoms. The molecule has 0 aliphatic carbocycles. The molecule has 1 unspecified atom stereocenters. The van der Waals surface area contributed by atoms with Gasteiger partial charge in [-0.1, -0.05) is 23.7 Å². The zero-order chi connectivity index (χ0) is 11.4. The Hall–Kier alpha value is -0.570. The molecule has 1 N–H and O–H groups in total. The fourth-order valence-electron chi connectivity index (χ4n) is 2.31. The predicted octanol–water partition coefficient (Wildman–Crippen LogP) is 2.70. The van der Waals surface area contributed by atoms with Crippen LogP contribution in [0.4, 0.5) is 0 Å². The first kappa shape index (κ1) is 11.9. The van der Waals surface area contributed by atoms with E-state index in [-0.39, 0.29) is 0 Å². The minimum absolute atomic E-state index is 0.386. The molecule has 1 atom stereocenters. The third-order valence-electron chi connectivity index (χ3n) is 3.24. The summed E-state index contributed by atoms with van der Waals surface area (Å²) in [6.45, 7) is 3.55. The van der Waals surface area contributed by atoms with E-state index in [4.69, 9.17) is 11.6 Å². The summed E-state index contributed by atoms with van der Waals surface area (Å²) >= 11 is 6.02. The molecule has 1 heterocycles. The van der Waals surface area contributed by atoms with Crippen LogP contribution in [-0.2, 0) is 0 Å². The Morgan fingerprint density at radius 2 is 2.12 bits per heavy atom. The van der Waals surface area contributed by atoms with Crippen LogP contribution >= 0.6 is 11.6 Å². The molecule has 0 radical (unpaired) electrons. The third kappa shape index (κ3) is 2.97. The first-order valence-electron chi connectivity index (χ1n) is 5.94. The van der Waals surface area contributed by atoms with Crippen LogP contribution in [0, 0.1) is 0 Å². The molecule has 2 rings (SSSR count). The summed E-state index contributed by atoms with van der Waals surface area (Å²) in [7, 11) is 2.02. The molecular formula is C13H19ClN2. The Balaban J connectivity index is 2.03. The number of likely N-dealkylation sites (N-methyl/N-ethyl adjacent to an activating group) is 1. The van der Waals surface area contributed by atoms with Crippen LogP contribution < -0.4 is 5.32 Å². The SMILES string of the molecule is CNC(CN1CCCC1)c1cccc(Cl)c1. The van der Waals surface area contributed by atoms with Crippen LogP contribution in [0.1, 0.15) is 24.4 Å². The van der Waals surface area contributed by atoms with Gasteiger partial charge in [0.2, 0.25) is 0 Å². The molecule has 1 aliphatic heterocycles. The molecular weight excluding hydrogens is 220 g/mol. The average Bonchev–Trinajstić information content (AvgIpc) is 2.78. The summed E-state index contributed by atoms with van der Waals surface area (Å²) in [5.74, 6) is 0. The van der Waals surface area contributed by atoms with Crippen molar-refractivity contribution in [2.24, 2.45) is 0 Å². The van der Waals surface area contributed by atoms with Gasteiger partial charge in [-0.05, 0) is 50.7 Å². The van der Waals surface area contributed by atoms with Crippen molar-refractivity contribution < 1.29 is 0 Å². The second kappa shape index (κ2) is 5.67. The lowest BCUT2D eigenvalue weighted by molar-refractivity contribution is 0.299. The van der Waals surface area contributed by atoms with Crippen LogP contribution in [-0.4, -0.2) is 31.6 Å². The number of hydrogen-bond acceptors (Lipinski definition) is 2. The van der Waals surface area contributed by atoms with Gasteiger partial charge in [0.25, 0.3) is 0 Å². The van der Waals surface area contributed by atoms with Gasteiger partial charge in [-0.2, -0.15) is 0 Å². The number of likely N-dealkylation sites (tertiary alicyclic amines) is 1. The zero-order valence-corrected chi connectivity index (χ0v) is 10.5. The highest BCUT2D eigenvalue weighted by molar-refractivity contribution is 6.30. The monoisotopic (exact) mass is 238 g/mol. The lowest BCUT2D eigenvalue weighted by Gasteiger charge is -2.23. The Bertz CT molecular complexity index is 334. The van der Waals surface area contributed by atoms with Crippen LogP contribution in [0.2, 0.25) is 5.02 Å². The van der Waals surface area contributed by atoms with Crippen molar-refractivity contribution in [1.29, 1.82) is 0 Å². The van der Waals surface area contributed by atoms with Crippen molar-refractivity contribution in [3.63, 3.8) is 0 Å². The molecule has 0 saturated carbocycles. The van der Waals surface area contributed by atoms with E-state index in [1.54, 1.807) is 0 Å². The predicted molar refractivity (Wildman–Crippen MR) is 68.9 cm³/mol. The third-order valence-corrected chi connectivity index (χ3v) is 3.47. The lowest BCUT2D eigenvalue weighted by atomic mass is 10.1. The standard InChI is InChI=1S/C13H19ClN2/c1-15-13(10-16-7-2-3-8-16)11-5-4-6-12(14)9-11/h4-6,9,13,15H,2-3,7-8,10H2,1H3. The maximum absolute atomic E-state index is 6.02. The van der Waals surface area contributed by atoms with Crippen LogP contribution in [0.3, 0.4) is 0 Å². The molecule has 88 valence electrons. The van der Waals surface area contributed by atoms with Gasteiger partial charge in [-0.25, -0.2) is 0 Å². The molecule has 3 heteroatoms. The quantitative estimate of drug-likeness (QED) is 0.868. The van der Waals surface area contributed by atoms with Gasteiger partial charge in [0.1, 0.15) is 0 Å². The zero-order valence-electron chi connectivity index (χ0n) is 9.75. The van der Waals surface area contributed by atoms with Crippen molar-refractivity contribution in [1.82, 2.24) is 10.2 Å². The van der Waals surface area contributed by atoms with Crippen LogP contribution in [0.5, 0.6) is 0 Å². The van der Waals surface area contributed by atoms with E-state index < -0.39 is 0 Å². The summed E-state index contributed by atoms with van der Waals surface area (Å²) < 4.78 is 0. The van der Waals surface area contributed by atoms with Crippen molar-refractivity contribution >= 4 is 11.6 Å². The minimum atomic E-state index is 0.386. The van der Waals surface area contributed by atoms with Crippen molar-refractivity contribution in [2.45, 2.75) is 18.9 Å². The molecule has 1 saturated heterocycles. The maximum atomic E-state index is 6.02. The fraction of sp³-hybridized carbons (Fsp3) is 0.538. The Morgan fingerprint density at radius 1 is 1.38 bits per heavy atom. The summed E-state index contributed by atoms with van der Waals surface area (Å²) in [6, 6.07) is 8.53. The molecule has 1 fully saturated rings. The molecule has 0 amide bonds. The minimum Gasteiger partial charge on any atom is -0.312 e. The number of nitrogens with zero attached hydrogens (tertiary/aromatic N) is 1. The Kier molecular flexibility index (Phi) is 4.22. The summed E-state index contributed by atoms with van der Waals surface area (Å²) in [5, 5.41) is 4.19. The molecule has 1 aliphatic rings. The van der Waals surface area contributed by atoms with Gasteiger partial charge in [0.05, 0.1) is 0 Å². The molecule has 1 aromatic rings. The molecule has 16 heavy (non-hydrogen) atoms. The fourth-order valence-corrected chi connectivity index (χ4v) is 2.51. The topological polar surface area (TPSA) is 15.3 Å². The van der Waals surface area contributed by atoms with Gasteiger partial charge in [-0.3, -0.25) is 0 Å². The van der Waals surface area contributed by atoms with Gasteiger partial charge in [0, 0.05) is 17.6 Å². The smallest absolute Gasteiger partial charge is 0.0447 e. The number of nitrogens with one attached hydrogen (secondary N) is 1. The van der Waals surface area contributed by atoms with E-state index in [1.165, 1.54) is 31.5 Å². The van der Waals surface area contributed by atoms with Gasteiger partial charge >= 0.3 is 0 Å². The Morgan fingerprint density at radius 3 is 2.75 bits per heavy atom. The molecule has 0 bridgehead atoms. The van der Waals surface area contributed by atoms with Crippen LogP contribution in [0.25, 0.3) is 0 Å². The summed E-state index contributed by atoms with van der Waals surface area (Å²) in [4.78, 5) is 2.52. The van der Waals surface area contributed by atoms with E-state index in [2.05, 4.69) is 22.3 Å². The van der Waals surface area contributed by atoms with E-state index in [0.29, 0.717) is 6.04 Å². The number of benzene rings is 1. The molecule has 1 aromatic carbocycles. The maximum Gasteiger partial charge on any atom is 0.0447 e. The van der Waals surface area contributed by atoms with E-state index in [1.807, 2.05) is 19.2 Å². The number of hydrogen-bond donors (Lipinski definition) is 1. The van der Waals surface area contributed by atoms with E-state index >= 15 is 0 Å². The second-order valence-electron chi connectivity index (χ2n) is 4.40. The lowest BCUT2D eigenvalue weighted by Crippen LogP contribution is -2.31. The highest BCUT2D eigenvalue weighted by Gasteiger charge is 2.17. The summed E-state index contributed by atoms with van der Waals surface area (Å²) in [5.41, 5.74) is 1.28. The van der Waals surface area contributed by atoms with Crippen LogP contribution in [0.15, 0.2) is 24.3 Å². The largest absolute Gasteiger partial charge is 0.312 e. The number of rotatable bonds is 4. The average molecular weight is 239 g/mol. The molecule has 2 nitrogen and oxygen atoms in total. The number of halogens is 1. The first-order chi connectivity index (χ1) is 7.79. The Labute approximate surface area is 103 Å². The highest BCUT2D eigenvalue weighted by atomic mass is 35.5. The van der Waals surface area contributed by atoms with Crippen molar-refractivity contribution in [3.05, 3.63) is 34.9 Å². The normalized spacial score (nSPS) is 18.9. The summed E-state index contributed by atoms with van der Waals surface area (Å²) in [6.07, 6.45) is 2.68. The van der Waals surface area contributed by atoms with E-state index in [9.17, 15) is 0 Å². The van der Waals surface area contributed by atoms with Crippen molar-refractivity contribution in [3.8, 4) is 0 Å². The van der Waals surface area contributed by atoms with E-state index in [0.717, 1.165) is 11.6 Å². The van der Waals surface area contributed by atoms with Gasteiger partial charge in [-0.15, -0.1) is 0 Å². The second-order valence-corrected chi connectivity index (χ2v) is 4.84. The highest BCUT2D eigenvalue weighted by Crippen LogP contribution is 2.20. The molecule has 0 aromatic heterocycles. The van der Waals surface area contributed by atoms with Gasteiger partial charge in [0.15, 0.2) is 0 Å². The van der Waals surface area contributed by atoms with Crippen molar-refractivity contribution in [2.75, 3.05) is 26.7 Å².